The molecule has 0 fully saturated rings. The number of carbonyl (C=O) groups is 1. The number of hydrogen-bond acceptors (Lipinski definition) is 5. The number of aromatic nitrogens is 1. The summed E-state index contributed by atoms with van der Waals surface area (Å²) in [7, 11) is 0. The Kier molecular flexibility index (Phi) is 4.86. The molecule has 2 atom stereocenters. The summed E-state index contributed by atoms with van der Waals surface area (Å²) < 4.78 is 4.63. The number of pyridine rings is 1. The van der Waals surface area contributed by atoms with Crippen LogP contribution in [-0.4, -0.2) is 33.9 Å². The molecule has 1 rings (SSSR count). The average Bonchev–Trinajstić information content (AvgIpc) is 2.29. The van der Waals surface area contributed by atoms with Gasteiger partial charge in [-0.25, -0.2) is 0 Å². The molecule has 3 N–H and O–H groups in total. The van der Waals surface area contributed by atoms with Gasteiger partial charge in [0.05, 0.1) is 19.1 Å². The van der Waals surface area contributed by atoms with Gasteiger partial charge in [-0.1, -0.05) is 0 Å². The summed E-state index contributed by atoms with van der Waals surface area (Å²) in [5.74, 6) is -0.619. The van der Waals surface area contributed by atoms with Crippen LogP contribution < -0.4 is 5.43 Å². The highest BCUT2D eigenvalue weighted by Gasteiger charge is 2.23. The molecule has 6 heteroatoms. The molecule has 0 saturated carbocycles. The minimum atomic E-state index is -1.41. The third-order valence-corrected chi connectivity index (χ3v) is 2.22. The van der Waals surface area contributed by atoms with Crippen molar-refractivity contribution < 1.29 is 19.7 Å². The number of H-pyrrole nitrogens is 1. The summed E-state index contributed by atoms with van der Waals surface area (Å²) >= 11 is 0. The standard InChI is InChI=1S/C11H15NO5/c1-2-17-10(15)5-9(14)11(16)7-6-12-4-3-8(7)13/h3-4,6,9,11,14,16H,2,5H2,1H3,(H,12,13). The lowest BCUT2D eigenvalue weighted by Gasteiger charge is -2.16. The first-order chi connectivity index (χ1) is 8.06. The van der Waals surface area contributed by atoms with E-state index in [-0.39, 0.29) is 18.6 Å². The van der Waals surface area contributed by atoms with Gasteiger partial charge >= 0.3 is 5.97 Å². The van der Waals surface area contributed by atoms with Gasteiger partial charge in [0.25, 0.3) is 0 Å². The molecule has 6 nitrogen and oxygen atoms in total. The number of aromatic amines is 1. The van der Waals surface area contributed by atoms with Crippen LogP contribution in [-0.2, 0) is 9.53 Å². The lowest BCUT2D eigenvalue weighted by Crippen LogP contribution is -2.26. The van der Waals surface area contributed by atoms with Crippen molar-refractivity contribution >= 4 is 5.97 Å². The van der Waals surface area contributed by atoms with E-state index in [1.54, 1.807) is 6.92 Å². The fourth-order valence-electron chi connectivity index (χ4n) is 1.37. The van der Waals surface area contributed by atoms with Gasteiger partial charge in [0.1, 0.15) is 6.10 Å². The van der Waals surface area contributed by atoms with E-state index < -0.39 is 23.6 Å². The Balaban J connectivity index is 2.70. The van der Waals surface area contributed by atoms with E-state index in [2.05, 4.69) is 9.72 Å². The molecule has 0 amide bonds. The second-order valence-corrected chi connectivity index (χ2v) is 3.49. The molecule has 1 aromatic rings. The third-order valence-electron chi connectivity index (χ3n) is 2.22. The number of nitrogens with one attached hydrogen (secondary N) is 1. The maximum Gasteiger partial charge on any atom is 0.308 e. The second kappa shape index (κ2) is 6.17. The number of aliphatic hydroxyl groups is 2. The highest BCUT2D eigenvalue weighted by molar-refractivity contribution is 5.70. The van der Waals surface area contributed by atoms with Gasteiger partial charge in [-0.15, -0.1) is 0 Å². The molecular formula is C11H15NO5. The molecule has 0 aliphatic heterocycles. The van der Waals surface area contributed by atoms with Crippen LogP contribution in [0.5, 0.6) is 0 Å². The zero-order chi connectivity index (χ0) is 12.8. The number of carbonyl (C=O) groups excluding carboxylic acids is 1. The Bertz CT molecular complexity index is 428. The Hall–Kier alpha value is -1.66. The molecule has 2 unspecified atom stereocenters. The maximum absolute atomic E-state index is 11.4. The molecule has 0 saturated heterocycles. The summed E-state index contributed by atoms with van der Waals surface area (Å²) in [5, 5.41) is 19.3. The molecule has 0 aliphatic carbocycles. The Morgan fingerprint density at radius 3 is 2.82 bits per heavy atom. The number of rotatable bonds is 5. The van der Waals surface area contributed by atoms with Crippen molar-refractivity contribution in [3.8, 4) is 0 Å². The monoisotopic (exact) mass is 241 g/mol. The van der Waals surface area contributed by atoms with Crippen LogP contribution in [0.4, 0.5) is 0 Å². The van der Waals surface area contributed by atoms with E-state index >= 15 is 0 Å². The van der Waals surface area contributed by atoms with Crippen molar-refractivity contribution in [2.45, 2.75) is 25.6 Å². The quantitative estimate of drug-likeness (QED) is 0.616. The van der Waals surface area contributed by atoms with Crippen LogP contribution in [0.3, 0.4) is 0 Å². The molecule has 0 radical (unpaired) electrons. The summed E-state index contributed by atoms with van der Waals surface area (Å²) in [6.07, 6.45) is -0.428. The molecule has 17 heavy (non-hydrogen) atoms. The number of hydrogen-bond donors (Lipinski definition) is 3. The van der Waals surface area contributed by atoms with E-state index in [4.69, 9.17) is 0 Å². The van der Waals surface area contributed by atoms with E-state index in [1.165, 1.54) is 18.5 Å². The molecule has 0 aromatic carbocycles. The Morgan fingerprint density at radius 2 is 2.24 bits per heavy atom. The molecule has 94 valence electrons. The van der Waals surface area contributed by atoms with Gasteiger partial charge < -0.3 is 19.9 Å². The van der Waals surface area contributed by atoms with Crippen LogP contribution in [0.1, 0.15) is 25.0 Å². The van der Waals surface area contributed by atoms with Crippen molar-refractivity contribution in [1.29, 1.82) is 0 Å². The van der Waals surface area contributed by atoms with Crippen molar-refractivity contribution in [2.75, 3.05) is 6.61 Å². The first-order valence-corrected chi connectivity index (χ1v) is 5.25. The second-order valence-electron chi connectivity index (χ2n) is 3.49. The lowest BCUT2D eigenvalue weighted by atomic mass is 10.0. The first-order valence-electron chi connectivity index (χ1n) is 5.25. The normalized spacial score (nSPS) is 14.1. The molecule has 1 heterocycles. The lowest BCUT2D eigenvalue weighted by molar-refractivity contribution is -0.147. The van der Waals surface area contributed by atoms with Gasteiger partial charge in [-0.05, 0) is 6.92 Å². The third kappa shape index (κ3) is 3.69. The van der Waals surface area contributed by atoms with Crippen LogP contribution in [0, 0.1) is 0 Å². The predicted molar refractivity (Wildman–Crippen MR) is 59.3 cm³/mol. The fourth-order valence-corrected chi connectivity index (χ4v) is 1.37. The Labute approximate surface area is 97.9 Å². The molecule has 0 aliphatic rings. The zero-order valence-corrected chi connectivity index (χ0v) is 9.42. The summed E-state index contributed by atoms with van der Waals surface area (Å²) in [5.41, 5.74) is -0.386. The maximum atomic E-state index is 11.4. The van der Waals surface area contributed by atoms with E-state index in [9.17, 15) is 19.8 Å². The Morgan fingerprint density at radius 1 is 1.53 bits per heavy atom. The average molecular weight is 241 g/mol. The van der Waals surface area contributed by atoms with Gasteiger partial charge in [0.15, 0.2) is 5.43 Å². The van der Waals surface area contributed by atoms with Crippen molar-refractivity contribution in [3.63, 3.8) is 0 Å². The van der Waals surface area contributed by atoms with Crippen LogP contribution in [0.15, 0.2) is 23.3 Å². The van der Waals surface area contributed by atoms with Crippen molar-refractivity contribution in [1.82, 2.24) is 4.98 Å². The topological polar surface area (TPSA) is 99.6 Å². The smallest absolute Gasteiger partial charge is 0.308 e. The largest absolute Gasteiger partial charge is 0.466 e. The minimum absolute atomic E-state index is 0.0179. The van der Waals surface area contributed by atoms with E-state index in [1.807, 2.05) is 0 Å². The van der Waals surface area contributed by atoms with E-state index in [0.717, 1.165) is 0 Å². The van der Waals surface area contributed by atoms with Gasteiger partial charge in [-0.3, -0.25) is 9.59 Å². The SMILES string of the molecule is CCOC(=O)CC(O)C(O)c1c[nH]ccc1=O. The first kappa shape index (κ1) is 13.4. The molecule has 0 spiro atoms. The highest BCUT2D eigenvalue weighted by Crippen LogP contribution is 2.15. The zero-order valence-electron chi connectivity index (χ0n) is 9.42. The predicted octanol–water partition coefficient (Wildman–Crippen LogP) is -0.278. The van der Waals surface area contributed by atoms with Crippen molar-refractivity contribution in [2.24, 2.45) is 0 Å². The van der Waals surface area contributed by atoms with Gasteiger partial charge in [-0.2, -0.15) is 0 Å². The van der Waals surface area contributed by atoms with Gasteiger partial charge in [0, 0.05) is 24.0 Å². The highest BCUT2D eigenvalue weighted by atomic mass is 16.5. The van der Waals surface area contributed by atoms with Gasteiger partial charge in [0.2, 0.25) is 0 Å². The number of esters is 1. The summed E-state index contributed by atoms with van der Waals surface area (Å²) in [4.78, 5) is 25.1. The van der Waals surface area contributed by atoms with E-state index in [0.29, 0.717) is 0 Å². The van der Waals surface area contributed by atoms with Crippen LogP contribution in [0.25, 0.3) is 0 Å². The fraction of sp³-hybridized carbons (Fsp3) is 0.455. The summed E-state index contributed by atoms with van der Waals surface area (Å²) in [6, 6.07) is 1.23. The van der Waals surface area contributed by atoms with Crippen molar-refractivity contribution in [3.05, 3.63) is 34.2 Å². The number of ether oxygens (including phenoxy) is 1. The molecule has 1 aromatic heterocycles. The minimum Gasteiger partial charge on any atom is -0.466 e. The van der Waals surface area contributed by atoms with Crippen LogP contribution >= 0.6 is 0 Å². The van der Waals surface area contributed by atoms with Crippen LogP contribution in [0.2, 0.25) is 0 Å². The molecule has 0 bridgehead atoms. The summed E-state index contributed by atoms with van der Waals surface area (Å²) in [6.45, 7) is 1.84. The molecular weight excluding hydrogens is 226 g/mol. The number of aliphatic hydroxyl groups excluding tert-OH is 2.